The molecule has 1 rings (SSSR count). The molecule has 140 valence electrons. The predicted molar refractivity (Wildman–Crippen MR) is 88.6 cm³/mol. The Hall–Kier alpha value is -2.38. The second-order valence-corrected chi connectivity index (χ2v) is 6.40. The van der Waals surface area contributed by atoms with Crippen LogP contribution in [0.15, 0.2) is 18.2 Å². The van der Waals surface area contributed by atoms with E-state index in [0.717, 1.165) is 0 Å². The molecule has 0 unspecified atom stereocenters. The first-order valence-electron chi connectivity index (χ1n) is 7.80. The van der Waals surface area contributed by atoms with Gasteiger partial charge in [0, 0.05) is 24.9 Å². The second-order valence-electron chi connectivity index (χ2n) is 6.40. The number of carbonyl (C=O) groups is 2. The number of hydrogen-bond acceptors (Lipinski definition) is 4. The number of alkyl halides is 2. The fourth-order valence-corrected chi connectivity index (χ4v) is 1.86. The Labute approximate surface area is 145 Å². The molecule has 6 nitrogen and oxygen atoms in total. The highest BCUT2D eigenvalue weighted by atomic mass is 19.3. The summed E-state index contributed by atoms with van der Waals surface area (Å²) in [4.78, 5) is 23.5. The van der Waals surface area contributed by atoms with E-state index in [1.165, 1.54) is 19.2 Å². The van der Waals surface area contributed by atoms with E-state index in [1.54, 1.807) is 26.8 Å². The van der Waals surface area contributed by atoms with Crippen LogP contribution in [0.4, 0.5) is 8.78 Å². The molecule has 0 aliphatic heterocycles. The summed E-state index contributed by atoms with van der Waals surface area (Å²) >= 11 is 0. The molecular weight excluding hydrogens is 334 g/mol. The van der Waals surface area contributed by atoms with Gasteiger partial charge in [0.05, 0.1) is 7.11 Å². The quantitative estimate of drug-likeness (QED) is 0.748. The molecule has 0 radical (unpaired) electrons. The summed E-state index contributed by atoms with van der Waals surface area (Å²) in [5.41, 5.74) is 0.167. The number of rotatable bonds is 8. The molecule has 2 N–H and O–H groups in total. The zero-order valence-corrected chi connectivity index (χ0v) is 14.8. The smallest absolute Gasteiger partial charge is 0.387 e. The first-order valence-corrected chi connectivity index (χ1v) is 7.80. The van der Waals surface area contributed by atoms with Crippen molar-refractivity contribution in [3.63, 3.8) is 0 Å². The first kappa shape index (κ1) is 20.7. The molecule has 0 heterocycles. The molecule has 0 saturated heterocycles. The van der Waals surface area contributed by atoms with Crippen molar-refractivity contribution < 1.29 is 27.8 Å². The van der Waals surface area contributed by atoms with Gasteiger partial charge in [0.1, 0.15) is 0 Å². The van der Waals surface area contributed by atoms with Crippen molar-refractivity contribution in [1.82, 2.24) is 10.6 Å². The van der Waals surface area contributed by atoms with Crippen LogP contribution < -0.4 is 20.1 Å². The molecular formula is C17H24F2N2O4. The van der Waals surface area contributed by atoms with Crippen LogP contribution in [-0.4, -0.2) is 32.1 Å². The minimum Gasteiger partial charge on any atom is -0.493 e. The Morgan fingerprint density at radius 3 is 2.40 bits per heavy atom. The van der Waals surface area contributed by atoms with E-state index in [1.807, 2.05) is 0 Å². The number of methoxy groups -OCH3 is 1. The average molecular weight is 358 g/mol. The van der Waals surface area contributed by atoms with Crippen LogP contribution in [0.25, 0.3) is 0 Å². The minimum absolute atomic E-state index is 0.0718. The fraction of sp³-hybridized carbons (Fsp3) is 0.529. The fourth-order valence-electron chi connectivity index (χ4n) is 1.86. The molecule has 0 aromatic heterocycles. The maximum absolute atomic E-state index is 12.3. The Kier molecular flexibility index (Phi) is 7.60. The van der Waals surface area contributed by atoms with Crippen molar-refractivity contribution in [1.29, 1.82) is 0 Å². The molecule has 0 saturated carbocycles. The third-order valence-corrected chi connectivity index (χ3v) is 3.25. The monoisotopic (exact) mass is 358 g/mol. The Bertz CT molecular complexity index is 601. The van der Waals surface area contributed by atoms with Crippen LogP contribution in [0.2, 0.25) is 0 Å². The lowest BCUT2D eigenvalue weighted by Gasteiger charge is -2.17. The summed E-state index contributed by atoms with van der Waals surface area (Å²) < 4.78 is 33.9. The van der Waals surface area contributed by atoms with Crippen molar-refractivity contribution >= 4 is 11.8 Å². The molecule has 0 spiro atoms. The second kappa shape index (κ2) is 9.19. The molecule has 0 bridgehead atoms. The number of amides is 2. The first-order chi connectivity index (χ1) is 11.6. The normalized spacial score (nSPS) is 11.2. The van der Waals surface area contributed by atoms with E-state index in [0.29, 0.717) is 5.56 Å². The van der Waals surface area contributed by atoms with Crippen molar-refractivity contribution in [2.24, 2.45) is 5.41 Å². The maximum Gasteiger partial charge on any atom is 0.387 e. The van der Waals surface area contributed by atoms with Crippen LogP contribution in [0.5, 0.6) is 11.5 Å². The van der Waals surface area contributed by atoms with Gasteiger partial charge in [-0.3, -0.25) is 9.59 Å². The van der Waals surface area contributed by atoms with Gasteiger partial charge in [-0.15, -0.1) is 0 Å². The van der Waals surface area contributed by atoms with Crippen LogP contribution in [0.3, 0.4) is 0 Å². The average Bonchev–Trinajstić information content (AvgIpc) is 2.52. The van der Waals surface area contributed by atoms with Crippen molar-refractivity contribution in [3.05, 3.63) is 23.8 Å². The van der Waals surface area contributed by atoms with Gasteiger partial charge in [-0.25, -0.2) is 0 Å². The zero-order valence-electron chi connectivity index (χ0n) is 14.8. The topological polar surface area (TPSA) is 76.7 Å². The molecule has 1 aromatic carbocycles. The summed E-state index contributed by atoms with van der Waals surface area (Å²) in [6, 6.07) is 4.43. The van der Waals surface area contributed by atoms with E-state index in [2.05, 4.69) is 15.4 Å². The lowest BCUT2D eigenvalue weighted by Crippen LogP contribution is -2.37. The third-order valence-electron chi connectivity index (χ3n) is 3.25. The Balaban J connectivity index is 2.47. The Morgan fingerprint density at radius 1 is 1.16 bits per heavy atom. The van der Waals surface area contributed by atoms with Gasteiger partial charge in [-0.2, -0.15) is 8.78 Å². The van der Waals surface area contributed by atoms with Gasteiger partial charge in [-0.05, 0) is 17.7 Å². The van der Waals surface area contributed by atoms with Crippen LogP contribution in [-0.2, 0) is 16.1 Å². The van der Waals surface area contributed by atoms with Crippen LogP contribution >= 0.6 is 0 Å². The largest absolute Gasteiger partial charge is 0.493 e. The van der Waals surface area contributed by atoms with E-state index >= 15 is 0 Å². The molecule has 2 amide bonds. The van der Waals surface area contributed by atoms with Crippen molar-refractivity contribution in [2.45, 2.75) is 40.3 Å². The summed E-state index contributed by atoms with van der Waals surface area (Å²) in [6.07, 6.45) is 0.144. The molecule has 0 atom stereocenters. The lowest BCUT2D eigenvalue weighted by atomic mass is 9.96. The predicted octanol–water partition coefficient (Wildman–Crippen LogP) is 2.47. The molecule has 1 aromatic rings. The van der Waals surface area contributed by atoms with E-state index in [-0.39, 0.29) is 42.8 Å². The SMILES string of the molecule is COc1cc(CNC(=O)CCNC(=O)C(C)(C)C)ccc1OC(F)F. The van der Waals surface area contributed by atoms with Gasteiger partial charge >= 0.3 is 6.61 Å². The summed E-state index contributed by atoms with van der Waals surface area (Å²) in [6.45, 7) is 2.87. The summed E-state index contributed by atoms with van der Waals surface area (Å²) in [7, 11) is 1.34. The third kappa shape index (κ3) is 7.36. The Morgan fingerprint density at radius 2 is 1.84 bits per heavy atom. The number of carbonyl (C=O) groups excluding carboxylic acids is 2. The summed E-state index contributed by atoms with van der Waals surface area (Å²) in [5, 5.41) is 5.38. The van der Waals surface area contributed by atoms with E-state index in [4.69, 9.17) is 4.74 Å². The zero-order chi connectivity index (χ0) is 19.0. The molecule has 0 aliphatic rings. The van der Waals surface area contributed by atoms with E-state index in [9.17, 15) is 18.4 Å². The highest BCUT2D eigenvalue weighted by Crippen LogP contribution is 2.29. The highest BCUT2D eigenvalue weighted by Gasteiger charge is 2.20. The summed E-state index contributed by atoms with van der Waals surface area (Å²) in [5.74, 6) is -0.275. The number of nitrogens with one attached hydrogen (secondary N) is 2. The van der Waals surface area contributed by atoms with Gasteiger partial charge in [0.25, 0.3) is 0 Å². The van der Waals surface area contributed by atoms with Gasteiger partial charge in [-0.1, -0.05) is 26.8 Å². The lowest BCUT2D eigenvalue weighted by molar-refractivity contribution is -0.128. The molecule has 0 fully saturated rings. The maximum atomic E-state index is 12.3. The highest BCUT2D eigenvalue weighted by molar-refractivity contribution is 5.82. The number of hydrogen-bond donors (Lipinski definition) is 2. The molecule has 0 aliphatic carbocycles. The standard InChI is InChI=1S/C17H24F2N2O4/c1-17(2,3)15(23)20-8-7-14(22)21-10-11-5-6-12(25-16(18)19)13(9-11)24-4/h5-6,9,16H,7-8,10H2,1-4H3,(H,20,23)(H,21,22). The number of halogens is 2. The van der Waals surface area contributed by atoms with Gasteiger partial charge in [0.15, 0.2) is 11.5 Å². The molecule has 25 heavy (non-hydrogen) atoms. The number of benzene rings is 1. The number of ether oxygens (including phenoxy) is 2. The van der Waals surface area contributed by atoms with Crippen molar-refractivity contribution in [2.75, 3.05) is 13.7 Å². The van der Waals surface area contributed by atoms with Crippen LogP contribution in [0, 0.1) is 5.41 Å². The van der Waals surface area contributed by atoms with Gasteiger partial charge in [0.2, 0.25) is 11.8 Å². The van der Waals surface area contributed by atoms with Crippen LogP contribution in [0.1, 0.15) is 32.8 Å². The molecule has 8 heteroatoms. The minimum atomic E-state index is -2.94. The van der Waals surface area contributed by atoms with E-state index < -0.39 is 12.0 Å². The van der Waals surface area contributed by atoms with Crippen molar-refractivity contribution in [3.8, 4) is 11.5 Å². The van der Waals surface area contributed by atoms with Gasteiger partial charge < -0.3 is 20.1 Å².